The predicted octanol–water partition coefficient (Wildman–Crippen LogP) is 3.03. The van der Waals surface area contributed by atoms with Crippen molar-refractivity contribution in [2.24, 2.45) is 0 Å². The molecule has 0 bridgehead atoms. The van der Waals surface area contributed by atoms with E-state index in [1.54, 1.807) is 54.9 Å². The van der Waals surface area contributed by atoms with E-state index in [1.807, 2.05) is 4.57 Å². The highest BCUT2D eigenvalue weighted by molar-refractivity contribution is 6.05. The van der Waals surface area contributed by atoms with Crippen LogP contribution in [0.5, 0.6) is 11.5 Å². The number of rotatable bonds is 8. The molecule has 1 aromatic carbocycles. The summed E-state index contributed by atoms with van der Waals surface area (Å²) in [4.78, 5) is 31.4. The van der Waals surface area contributed by atoms with Crippen molar-refractivity contribution in [1.82, 2.24) is 14.5 Å². The molecule has 0 aliphatic heterocycles. The summed E-state index contributed by atoms with van der Waals surface area (Å²) in [5.41, 5.74) is 0.731. The molecule has 0 saturated heterocycles. The average Bonchev–Trinajstić information content (AvgIpc) is 3.30. The van der Waals surface area contributed by atoms with Crippen LogP contribution in [0.15, 0.2) is 47.4 Å². The first-order valence-electron chi connectivity index (χ1n) is 9.89. The molecular weight excluding hydrogens is 400 g/mol. The van der Waals surface area contributed by atoms with E-state index in [1.165, 1.54) is 14.2 Å². The number of nitrogens with one attached hydrogen (secondary N) is 1. The molecule has 4 rings (SSSR count). The SMILES string of the molecule is COc1cc(C(=O)N(C)C2CC2)cc(NC(=O)c2ccc(Cn3ccnc3)o2)c1OC. The largest absolute Gasteiger partial charge is 0.493 e. The second kappa shape index (κ2) is 8.55. The molecule has 2 amide bonds. The summed E-state index contributed by atoms with van der Waals surface area (Å²) in [6.45, 7) is 0.460. The van der Waals surface area contributed by atoms with Crippen molar-refractivity contribution in [2.45, 2.75) is 25.4 Å². The van der Waals surface area contributed by atoms with E-state index in [-0.39, 0.29) is 17.7 Å². The molecule has 0 radical (unpaired) electrons. The van der Waals surface area contributed by atoms with Crippen molar-refractivity contribution in [2.75, 3.05) is 26.6 Å². The molecule has 9 nitrogen and oxygen atoms in total. The summed E-state index contributed by atoms with van der Waals surface area (Å²) in [6, 6.07) is 6.80. The summed E-state index contributed by atoms with van der Waals surface area (Å²) in [7, 11) is 4.73. The summed E-state index contributed by atoms with van der Waals surface area (Å²) in [6.07, 6.45) is 7.14. The molecule has 1 aliphatic rings. The smallest absolute Gasteiger partial charge is 0.291 e. The van der Waals surface area contributed by atoms with Gasteiger partial charge in [0.25, 0.3) is 11.8 Å². The summed E-state index contributed by atoms with van der Waals surface area (Å²) < 4.78 is 18.3. The lowest BCUT2D eigenvalue weighted by atomic mass is 10.1. The fourth-order valence-electron chi connectivity index (χ4n) is 3.34. The molecule has 0 atom stereocenters. The van der Waals surface area contributed by atoms with E-state index < -0.39 is 5.91 Å². The molecule has 1 fully saturated rings. The van der Waals surface area contributed by atoms with Gasteiger partial charge in [0.05, 0.1) is 32.8 Å². The molecule has 2 heterocycles. The Kier molecular flexibility index (Phi) is 5.66. The number of hydrogen-bond acceptors (Lipinski definition) is 6. The minimum Gasteiger partial charge on any atom is -0.493 e. The molecule has 9 heteroatoms. The monoisotopic (exact) mass is 424 g/mol. The van der Waals surface area contributed by atoms with Gasteiger partial charge in [-0.2, -0.15) is 0 Å². The van der Waals surface area contributed by atoms with E-state index >= 15 is 0 Å². The highest BCUT2D eigenvalue weighted by atomic mass is 16.5. The Labute approximate surface area is 179 Å². The van der Waals surface area contributed by atoms with Gasteiger partial charge in [0.15, 0.2) is 17.3 Å². The first kappa shape index (κ1) is 20.5. The minimum atomic E-state index is -0.461. The van der Waals surface area contributed by atoms with E-state index in [0.29, 0.717) is 35.1 Å². The predicted molar refractivity (Wildman–Crippen MR) is 113 cm³/mol. The molecule has 1 aliphatic carbocycles. The maximum atomic E-state index is 12.8. The van der Waals surface area contributed by atoms with Crippen LogP contribution >= 0.6 is 0 Å². The van der Waals surface area contributed by atoms with Crippen LogP contribution in [0.3, 0.4) is 0 Å². The van der Waals surface area contributed by atoms with Gasteiger partial charge in [0.1, 0.15) is 5.76 Å². The average molecular weight is 424 g/mol. The van der Waals surface area contributed by atoms with Gasteiger partial charge in [0.2, 0.25) is 0 Å². The molecule has 1 saturated carbocycles. The normalized spacial score (nSPS) is 13.0. The Morgan fingerprint density at radius 3 is 2.71 bits per heavy atom. The third-order valence-corrected chi connectivity index (χ3v) is 5.17. The number of imidazole rings is 1. The lowest BCUT2D eigenvalue weighted by Gasteiger charge is -2.19. The fraction of sp³-hybridized carbons (Fsp3) is 0.318. The van der Waals surface area contributed by atoms with Gasteiger partial charge in [-0.05, 0) is 37.1 Å². The second-order valence-electron chi connectivity index (χ2n) is 7.36. The highest BCUT2D eigenvalue weighted by Gasteiger charge is 2.31. The first-order chi connectivity index (χ1) is 15.0. The number of nitrogens with zero attached hydrogens (tertiary/aromatic N) is 3. The van der Waals surface area contributed by atoms with Crippen LogP contribution in [0.2, 0.25) is 0 Å². The second-order valence-corrected chi connectivity index (χ2v) is 7.36. The standard InChI is InChI=1S/C22H24N4O5/c1-25(15-4-5-15)22(28)14-10-17(20(30-3)19(11-14)29-2)24-21(27)18-7-6-16(31-18)12-26-9-8-23-13-26/h6-11,13,15H,4-5,12H2,1-3H3,(H,24,27). The number of methoxy groups -OCH3 is 2. The van der Waals surface area contributed by atoms with Gasteiger partial charge in [-0.15, -0.1) is 0 Å². The lowest BCUT2D eigenvalue weighted by molar-refractivity contribution is 0.0784. The first-order valence-corrected chi connectivity index (χ1v) is 9.89. The van der Waals surface area contributed by atoms with Crippen LogP contribution in [0, 0.1) is 0 Å². The van der Waals surface area contributed by atoms with E-state index in [9.17, 15) is 9.59 Å². The molecule has 0 spiro atoms. The zero-order valence-electron chi connectivity index (χ0n) is 17.6. The molecule has 2 aromatic heterocycles. The quantitative estimate of drug-likeness (QED) is 0.597. The molecule has 31 heavy (non-hydrogen) atoms. The van der Waals surface area contributed by atoms with E-state index in [4.69, 9.17) is 13.9 Å². The molecule has 1 N–H and O–H groups in total. The third kappa shape index (κ3) is 4.40. The highest BCUT2D eigenvalue weighted by Crippen LogP contribution is 2.38. The Morgan fingerprint density at radius 2 is 2.06 bits per heavy atom. The number of aromatic nitrogens is 2. The maximum absolute atomic E-state index is 12.8. The fourth-order valence-corrected chi connectivity index (χ4v) is 3.34. The van der Waals surface area contributed by atoms with Gasteiger partial charge in [-0.25, -0.2) is 4.98 Å². The van der Waals surface area contributed by atoms with Gasteiger partial charge in [-0.3, -0.25) is 9.59 Å². The van der Waals surface area contributed by atoms with Gasteiger partial charge in [0, 0.05) is 31.0 Å². The Morgan fingerprint density at radius 1 is 1.26 bits per heavy atom. The Bertz CT molecular complexity index is 1090. The number of carbonyl (C=O) groups excluding carboxylic acids is 2. The zero-order chi connectivity index (χ0) is 22.0. The molecular formula is C22H24N4O5. The van der Waals surface area contributed by atoms with Crippen LogP contribution in [-0.2, 0) is 6.54 Å². The summed E-state index contributed by atoms with van der Waals surface area (Å²) in [5.74, 6) is 0.836. The Balaban J connectivity index is 1.57. The van der Waals surface area contributed by atoms with E-state index in [2.05, 4.69) is 10.3 Å². The molecule has 3 aromatic rings. The topological polar surface area (TPSA) is 98.8 Å². The van der Waals surface area contributed by atoms with Crippen molar-refractivity contribution >= 4 is 17.5 Å². The van der Waals surface area contributed by atoms with Crippen molar-refractivity contribution in [1.29, 1.82) is 0 Å². The van der Waals surface area contributed by atoms with Gasteiger partial charge >= 0.3 is 0 Å². The van der Waals surface area contributed by atoms with Crippen molar-refractivity contribution < 1.29 is 23.5 Å². The summed E-state index contributed by atoms with van der Waals surface area (Å²) in [5, 5.41) is 2.78. The van der Waals surface area contributed by atoms with Crippen molar-refractivity contribution in [3.8, 4) is 11.5 Å². The minimum absolute atomic E-state index is 0.139. The van der Waals surface area contributed by atoms with Crippen molar-refractivity contribution in [3.63, 3.8) is 0 Å². The van der Waals surface area contributed by atoms with Crippen LogP contribution in [0.1, 0.15) is 39.5 Å². The number of amides is 2. The number of ether oxygens (including phenoxy) is 2. The van der Waals surface area contributed by atoms with Crippen LogP contribution in [0.25, 0.3) is 0 Å². The van der Waals surface area contributed by atoms with Gasteiger partial charge in [-0.1, -0.05) is 0 Å². The number of benzene rings is 1. The third-order valence-electron chi connectivity index (χ3n) is 5.17. The molecule has 162 valence electrons. The van der Waals surface area contributed by atoms with Crippen LogP contribution < -0.4 is 14.8 Å². The maximum Gasteiger partial charge on any atom is 0.291 e. The molecule has 0 unspecified atom stereocenters. The zero-order valence-corrected chi connectivity index (χ0v) is 17.6. The van der Waals surface area contributed by atoms with E-state index in [0.717, 1.165) is 12.8 Å². The number of anilines is 1. The number of furan rings is 1. The lowest BCUT2D eigenvalue weighted by Crippen LogP contribution is -2.29. The summed E-state index contributed by atoms with van der Waals surface area (Å²) >= 11 is 0. The van der Waals surface area contributed by atoms with Gasteiger partial charge < -0.3 is 28.7 Å². The van der Waals surface area contributed by atoms with Crippen LogP contribution in [0.4, 0.5) is 5.69 Å². The Hall–Kier alpha value is -3.75. The number of carbonyl (C=O) groups is 2. The number of hydrogen-bond donors (Lipinski definition) is 1. The van der Waals surface area contributed by atoms with Crippen molar-refractivity contribution in [3.05, 3.63) is 60.1 Å². The van der Waals surface area contributed by atoms with Crippen LogP contribution in [-0.4, -0.2) is 53.6 Å².